The Kier molecular flexibility index (Phi) is 4.08. The monoisotopic (exact) mass is 389 g/mol. The number of amides is 2. The highest BCUT2D eigenvalue weighted by Crippen LogP contribution is 2.42. The molecule has 2 amide bonds. The van der Waals surface area contributed by atoms with Crippen molar-refractivity contribution in [2.75, 3.05) is 24.5 Å². The van der Waals surface area contributed by atoms with Crippen LogP contribution in [0, 0.1) is 11.2 Å². The second-order valence-corrected chi connectivity index (χ2v) is 8.00. The molecule has 2 fully saturated rings. The Bertz CT molecular complexity index is 1110. The fraction of sp³-hybridized carbons (Fsp3) is 0.261. The number of carbonyl (C=O) groups is 2. The molecule has 2 aliphatic rings. The van der Waals surface area contributed by atoms with Gasteiger partial charge in [-0.05, 0) is 42.8 Å². The maximum Gasteiger partial charge on any atom is 0.272 e. The number of fused-ring (bicyclic) bond motifs is 1. The highest BCUT2D eigenvalue weighted by atomic mass is 19.1. The standard InChI is InChI=1S/C23H20FN3O2/c24-17-6-8-18(9-7-17)27-15-23(13-21(27)28)11-12-26(14-23)22(29)20-10-5-16-3-1-2-4-19(16)25-20/h1-10H,11-15H2/t23-/m0/s1. The maximum atomic E-state index is 13.2. The van der Waals surface area contributed by atoms with Crippen molar-refractivity contribution in [3.63, 3.8) is 0 Å². The largest absolute Gasteiger partial charge is 0.337 e. The van der Waals surface area contributed by atoms with E-state index in [2.05, 4.69) is 4.98 Å². The second-order valence-electron chi connectivity index (χ2n) is 8.00. The van der Waals surface area contributed by atoms with E-state index in [0.717, 1.165) is 17.3 Å². The smallest absolute Gasteiger partial charge is 0.272 e. The first-order valence-corrected chi connectivity index (χ1v) is 9.74. The topological polar surface area (TPSA) is 53.5 Å². The van der Waals surface area contributed by atoms with Crippen LogP contribution >= 0.6 is 0 Å². The zero-order valence-electron chi connectivity index (χ0n) is 15.8. The van der Waals surface area contributed by atoms with Gasteiger partial charge in [-0.15, -0.1) is 0 Å². The van der Waals surface area contributed by atoms with Gasteiger partial charge in [-0.1, -0.05) is 24.3 Å². The van der Waals surface area contributed by atoms with Gasteiger partial charge in [0, 0.05) is 42.5 Å². The first kappa shape index (κ1) is 17.8. The highest BCUT2D eigenvalue weighted by Gasteiger charge is 2.49. The highest BCUT2D eigenvalue weighted by molar-refractivity contribution is 5.97. The number of halogens is 1. The van der Waals surface area contributed by atoms with E-state index in [1.165, 1.54) is 12.1 Å². The molecule has 0 radical (unpaired) electrons. The van der Waals surface area contributed by atoms with Crippen molar-refractivity contribution in [2.24, 2.45) is 5.41 Å². The van der Waals surface area contributed by atoms with Crippen molar-refractivity contribution in [2.45, 2.75) is 12.8 Å². The minimum Gasteiger partial charge on any atom is -0.337 e. The van der Waals surface area contributed by atoms with E-state index < -0.39 is 0 Å². The summed E-state index contributed by atoms with van der Waals surface area (Å²) in [5.41, 5.74) is 1.68. The number of anilines is 1. The molecule has 5 rings (SSSR count). The van der Waals surface area contributed by atoms with E-state index in [9.17, 15) is 14.0 Å². The molecule has 0 aliphatic carbocycles. The molecule has 0 saturated carbocycles. The number of para-hydroxylation sites is 1. The summed E-state index contributed by atoms with van der Waals surface area (Å²) in [5, 5.41) is 0.998. The normalized spacial score (nSPS) is 21.5. The molecular formula is C23H20FN3O2. The van der Waals surface area contributed by atoms with E-state index in [4.69, 9.17) is 0 Å². The molecule has 0 N–H and O–H groups in total. The number of likely N-dealkylation sites (tertiary alicyclic amines) is 1. The number of benzene rings is 2. The number of carbonyl (C=O) groups excluding carboxylic acids is 2. The van der Waals surface area contributed by atoms with Crippen LogP contribution in [0.4, 0.5) is 10.1 Å². The third-order valence-corrected chi connectivity index (χ3v) is 6.00. The molecule has 1 spiro atoms. The van der Waals surface area contributed by atoms with Crippen LogP contribution in [0.1, 0.15) is 23.3 Å². The molecule has 1 atom stereocenters. The number of rotatable bonds is 2. The Labute approximate surface area is 167 Å². The molecule has 6 heteroatoms. The van der Waals surface area contributed by atoms with Gasteiger partial charge in [-0.25, -0.2) is 9.37 Å². The predicted octanol–water partition coefficient (Wildman–Crippen LogP) is 3.64. The van der Waals surface area contributed by atoms with E-state index in [1.54, 1.807) is 28.0 Å². The van der Waals surface area contributed by atoms with Crippen molar-refractivity contribution < 1.29 is 14.0 Å². The lowest BCUT2D eigenvalue weighted by molar-refractivity contribution is -0.117. The van der Waals surface area contributed by atoms with Crippen molar-refractivity contribution in [3.05, 3.63) is 72.2 Å². The lowest BCUT2D eigenvalue weighted by atomic mass is 9.86. The van der Waals surface area contributed by atoms with Gasteiger partial charge in [-0.2, -0.15) is 0 Å². The first-order valence-electron chi connectivity index (χ1n) is 9.74. The van der Waals surface area contributed by atoms with Crippen LogP contribution < -0.4 is 4.90 Å². The molecule has 0 unspecified atom stereocenters. The molecule has 3 heterocycles. The number of hydrogen-bond donors (Lipinski definition) is 0. The van der Waals surface area contributed by atoms with E-state index in [-0.39, 0.29) is 23.0 Å². The Hall–Kier alpha value is -3.28. The fourth-order valence-corrected chi connectivity index (χ4v) is 4.48. The average Bonchev–Trinajstić information content (AvgIpc) is 3.30. The average molecular weight is 389 g/mol. The van der Waals surface area contributed by atoms with Gasteiger partial charge in [-0.3, -0.25) is 9.59 Å². The first-order chi connectivity index (χ1) is 14.0. The molecule has 2 aliphatic heterocycles. The Morgan fingerprint density at radius 2 is 1.79 bits per heavy atom. The molecule has 5 nitrogen and oxygen atoms in total. The Morgan fingerprint density at radius 3 is 2.62 bits per heavy atom. The Balaban J connectivity index is 1.34. The summed E-state index contributed by atoms with van der Waals surface area (Å²) in [6, 6.07) is 17.4. The lowest BCUT2D eigenvalue weighted by Crippen LogP contribution is -2.34. The third kappa shape index (κ3) is 3.14. The van der Waals surface area contributed by atoms with Gasteiger partial charge < -0.3 is 9.80 Å². The molecule has 146 valence electrons. The van der Waals surface area contributed by atoms with E-state index in [0.29, 0.717) is 37.4 Å². The third-order valence-electron chi connectivity index (χ3n) is 6.00. The van der Waals surface area contributed by atoms with Gasteiger partial charge in [0.15, 0.2) is 0 Å². The van der Waals surface area contributed by atoms with Gasteiger partial charge in [0.2, 0.25) is 5.91 Å². The van der Waals surface area contributed by atoms with Crippen molar-refractivity contribution in [3.8, 4) is 0 Å². The Morgan fingerprint density at radius 1 is 1.00 bits per heavy atom. The summed E-state index contributed by atoms with van der Waals surface area (Å²) in [6.45, 7) is 1.69. The van der Waals surface area contributed by atoms with E-state index in [1.807, 2.05) is 30.3 Å². The summed E-state index contributed by atoms with van der Waals surface area (Å²) < 4.78 is 13.2. The van der Waals surface area contributed by atoms with Crippen LogP contribution in [0.3, 0.4) is 0 Å². The number of aromatic nitrogens is 1. The van der Waals surface area contributed by atoms with Crippen LogP contribution in [0.25, 0.3) is 10.9 Å². The summed E-state index contributed by atoms with van der Waals surface area (Å²) >= 11 is 0. The molecule has 3 aromatic rings. The predicted molar refractivity (Wildman–Crippen MR) is 108 cm³/mol. The molecule has 2 aromatic carbocycles. The van der Waals surface area contributed by atoms with Crippen LogP contribution in [-0.4, -0.2) is 41.3 Å². The lowest BCUT2D eigenvalue weighted by Gasteiger charge is -2.24. The van der Waals surface area contributed by atoms with Gasteiger partial charge >= 0.3 is 0 Å². The quantitative estimate of drug-likeness (QED) is 0.672. The van der Waals surface area contributed by atoms with Crippen molar-refractivity contribution in [1.82, 2.24) is 9.88 Å². The minimum absolute atomic E-state index is 0.0229. The van der Waals surface area contributed by atoms with Crippen molar-refractivity contribution in [1.29, 1.82) is 0 Å². The zero-order chi connectivity index (χ0) is 20.0. The van der Waals surface area contributed by atoms with Crippen LogP contribution in [0.5, 0.6) is 0 Å². The summed E-state index contributed by atoms with van der Waals surface area (Å²) in [6.07, 6.45) is 1.18. The minimum atomic E-state index is -0.323. The molecular weight excluding hydrogens is 369 g/mol. The summed E-state index contributed by atoms with van der Waals surface area (Å²) in [5.74, 6) is -0.398. The van der Waals surface area contributed by atoms with Gasteiger partial charge in [0.1, 0.15) is 11.5 Å². The number of pyridine rings is 1. The number of nitrogens with zero attached hydrogens (tertiary/aromatic N) is 3. The molecule has 1 aromatic heterocycles. The van der Waals surface area contributed by atoms with Crippen LogP contribution in [-0.2, 0) is 4.79 Å². The second kappa shape index (κ2) is 6.65. The molecule has 29 heavy (non-hydrogen) atoms. The van der Waals surface area contributed by atoms with Crippen LogP contribution in [0.2, 0.25) is 0 Å². The van der Waals surface area contributed by atoms with E-state index >= 15 is 0 Å². The molecule has 2 saturated heterocycles. The van der Waals surface area contributed by atoms with Crippen molar-refractivity contribution >= 4 is 28.4 Å². The maximum absolute atomic E-state index is 13.2. The van der Waals surface area contributed by atoms with Gasteiger partial charge in [0.25, 0.3) is 5.91 Å². The summed E-state index contributed by atoms with van der Waals surface area (Å²) in [7, 11) is 0. The fourth-order valence-electron chi connectivity index (χ4n) is 4.48. The van der Waals surface area contributed by atoms with Gasteiger partial charge in [0.05, 0.1) is 5.52 Å². The van der Waals surface area contributed by atoms with Crippen LogP contribution in [0.15, 0.2) is 60.7 Å². The summed E-state index contributed by atoms with van der Waals surface area (Å²) in [4.78, 5) is 33.7. The zero-order valence-corrected chi connectivity index (χ0v) is 15.8. The number of hydrogen-bond acceptors (Lipinski definition) is 3. The SMILES string of the molecule is O=C(c1ccc2ccccc2n1)N1CC[C@]2(CC(=O)N(c3ccc(F)cc3)C2)C1. The molecule has 0 bridgehead atoms.